The van der Waals surface area contributed by atoms with E-state index in [-0.39, 0.29) is 0 Å². The topological polar surface area (TPSA) is 9.72 Å². The molecule has 0 bridgehead atoms. The van der Waals surface area contributed by atoms with Gasteiger partial charge in [-0.2, -0.15) is 0 Å². The van der Waals surface area contributed by atoms with Gasteiger partial charge in [-0.15, -0.1) is 0 Å². The van der Waals surface area contributed by atoms with Crippen LogP contribution < -0.4 is 4.90 Å². The molecule has 1 atom stereocenters. The van der Waals surface area contributed by atoms with Gasteiger partial charge in [0.2, 0.25) is 0 Å². The van der Waals surface area contributed by atoms with Crippen molar-refractivity contribution in [2.75, 3.05) is 44.7 Å². The van der Waals surface area contributed by atoms with Crippen LogP contribution in [0.3, 0.4) is 0 Å². The van der Waals surface area contributed by atoms with E-state index in [0.29, 0.717) is 6.04 Å². The minimum atomic E-state index is 0.500. The van der Waals surface area contributed by atoms with Crippen LogP contribution in [0.25, 0.3) is 0 Å². The molecule has 0 saturated carbocycles. The zero-order chi connectivity index (χ0) is 17.9. The fourth-order valence-corrected chi connectivity index (χ4v) is 4.55. The van der Waals surface area contributed by atoms with Crippen LogP contribution >= 0.6 is 15.9 Å². The van der Waals surface area contributed by atoms with E-state index in [4.69, 9.17) is 0 Å². The predicted molar refractivity (Wildman–Crippen MR) is 113 cm³/mol. The summed E-state index contributed by atoms with van der Waals surface area (Å²) in [6.45, 7) is 6.93. The van der Waals surface area contributed by atoms with E-state index >= 15 is 0 Å². The van der Waals surface area contributed by atoms with Crippen molar-refractivity contribution in [1.29, 1.82) is 0 Å². The number of hydrogen-bond acceptors (Lipinski definition) is 3. The minimum absolute atomic E-state index is 0.500. The van der Waals surface area contributed by atoms with E-state index in [1.165, 1.54) is 55.8 Å². The molecule has 3 nitrogen and oxygen atoms in total. The Kier molecular flexibility index (Phi) is 5.63. The summed E-state index contributed by atoms with van der Waals surface area (Å²) in [6, 6.07) is 18.4. The molecule has 0 N–H and O–H groups in total. The summed E-state index contributed by atoms with van der Waals surface area (Å²) in [4.78, 5) is 7.63. The second-order valence-corrected chi connectivity index (χ2v) is 8.52. The second kappa shape index (κ2) is 8.12. The SMILES string of the molecule is CN1CCN(Cc2ccccc2[C@H]2CCCN2c2ccc(Br)cc2)CC1. The Labute approximate surface area is 165 Å². The molecule has 0 radical (unpaired) electrons. The van der Waals surface area contributed by atoms with Gasteiger partial charge in [0, 0.05) is 49.4 Å². The molecule has 2 aliphatic rings. The van der Waals surface area contributed by atoms with E-state index in [2.05, 4.69) is 86.2 Å². The molecule has 2 aromatic carbocycles. The lowest BCUT2D eigenvalue weighted by Gasteiger charge is -2.34. The van der Waals surface area contributed by atoms with Crippen LogP contribution in [-0.4, -0.2) is 49.6 Å². The van der Waals surface area contributed by atoms with Gasteiger partial charge in [-0.3, -0.25) is 4.90 Å². The zero-order valence-corrected chi connectivity index (χ0v) is 17.2. The van der Waals surface area contributed by atoms with Crippen molar-refractivity contribution in [2.24, 2.45) is 0 Å². The molecule has 2 heterocycles. The summed E-state index contributed by atoms with van der Waals surface area (Å²) in [5.74, 6) is 0. The molecule has 0 spiro atoms. The fraction of sp³-hybridized carbons (Fsp3) is 0.455. The maximum Gasteiger partial charge on any atom is 0.0546 e. The van der Waals surface area contributed by atoms with Crippen molar-refractivity contribution in [1.82, 2.24) is 9.80 Å². The lowest BCUT2D eigenvalue weighted by molar-refractivity contribution is 0.148. The molecular formula is C22H28BrN3. The Morgan fingerprint density at radius 2 is 1.65 bits per heavy atom. The Hall–Kier alpha value is -1.36. The van der Waals surface area contributed by atoms with E-state index in [1.54, 1.807) is 0 Å². The first-order valence-electron chi connectivity index (χ1n) is 9.71. The van der Waals surface area contributed by atoms with E-state index in [0.717, 1.165) is 17.6 Å². The summed E-state index contributed by atoms with van der Waals surface area (Å²) in [6.07, 6.45) is 2.51. The summed E-state index contributed by atoms with van der Waals surface area (Å²) >= 11 is 3.56. The van der Waals surface area contributed by atoms with Crippen LogP contribution in [0.2, 0.25) is 0 Å². The molecule has 2 aromatic rings. The maximum absolute atomic E-state index is 3.56. The number of halogens is 1. The van der Waals surface area contributed by atoms with E-state index in [1.807, 2.05) is 0 Å². The highest BCUT2D eigenvalue weighted by molar-refractivity contribution is 9.10. The number of likely N-dealkylation sites (N-methyl/N-ethyl adjacent to an activating group) is 1. The molecule has 0 amide bonds. The molecule has 4 heteroatoms. The molecule has 0 aromatic heterocycles. The number of anilines is 1. The highest BCUT2D eigenvalue weighted by Gasteiger charge is 2.28. The third kappa shape index (κ3) is 3.98. The van der Waals surface area contributed by atoms with Crippen molar-refractivity contribution >= 4 is 21.6 Å². The monoisotopic (exact) mass is 413 g/mol. The van der Waals surface area contributed by atoms with Gasteiger partial charge >= 0.3 is 0 Å². The van der Waals surface area contributed by atoms with Crippen molar-refractivity contribution in [3.8, 4) is 0 Å². The molecule has 4 rings (SSSR count). The van der Waals surface area contributed by atoms with Crippen LogP contribution in [0, 0.1) is 0 Å². The van der Waals surface area contributed by atoms with Crippen LogP contribution in [0.1, 0.15) is 30.0 Å². The average molecular weight is 414 g/mol. The fourth-order valence-electron chi connectivity index (χ4n) is 4.28. The standard InChI is InChI=1S/C22H28BrN3/c1-24-13-15-25(16-14-24)17-18-5-2-3-6-21(18)22-7-4-12-26(22)20-10-8-19(23)9-11-20/h2-3,5-6,8-11,22H,4,7,12-17H2,1H3/t22-/m1/s1. The lowest BCUT2D eigenvalue weighted by atomic mass is 9.97. The number of hydrogen-bond donors (Lipinski definition) is 0. The highest BCUT2D eigenvalue weighted by atomic mass is 79.9. The first-order valence-corrected chi connectivity index (χ1v) is 10.5. The Morgan fingerprint density at radius 3 is 2.42 bits per heavy atom. The van der Waals surface area contributed by atoms with Gasteiger partial charge in [0.25, 0.3) is 0 Å². The van der Waals surface area contributed by atoms with E-state index in [9.17, 15) is 0 Å². The summed E-state index contributed by atoms with van der Waals surface area (Å²) < 4.78 is 1.15. The first-order chi connectivity index (χ1) is 12.7. The van der Waals surface area contributed by atoms with Gasteiger partial charge in [0.1, 0.15) is 0 Å². The summed E-state index contributed by atoms with van der Waals surface area (Å²) in [5, 5.41) is 0. The van der Waals surface area contributed by atoms with Crippen molar-refractivity contribution < 1.29 is 0 Å². The lowest BCUT2D eigenvalue weighted by Crippen LogP contribution is -2.44. The Morgan fingerprint density at radius 1 is 0.923 bits per heavy atom. The third-order valence-corrected chi connectivity index (χ3v) is 6.34. The van der Waals surface area contributed by atoms with Crippen molar-refractivity contribution in [3.05, 3.63) is 64.1 Å². The van der Waals surface area contributed by atoms with E-state index < -0.39 is 0 Å². The average Bonchev–Trinajstić information content (AvgIpc) is 3.14. The van der Waals surface area contributed by atoms with Gasteiger partial charge in [-0.25, -0.2) is 0 Å². The maximum atomic E-state index is 3.56. The largest absolute Gasteiger partial charge is 0.364 e. The Balaban J connectivity index is 1.55. The molecule has 26 heavy (non-hydrogen) atoms. The number of nitrogens with zero attached hydrogens (tertiary/aromatic N) is 3. The molecule has 2 aliphatic heterocycles. The van der Waals surface area contributed by atoms with Gasteiger partial charge in [0.05, 0.1) is 6.04 Å². The van der Waals surface area contributed by atoms with Crippen molar-refractivity contribution in [3.63, 3.8) is 0 Å². The zero-order valence-electron chi connectivity index (χ0n) is 15.6. The van der Waals surface area contributed by atoms with Crippen LogP contribution in [-0.2, 0) is 6.54 Å². The number of benzene rings is 2. The highest BCUT2D eigenvalue weighted by Crippen LogP contribution is 2.38. The summed E-state index contributed by atoms with van der Waals surface area (Å²) in [7, 11) is 2.22. The predicted octanol–water partition coefficient (Wildman–Crippen LogP) is 4.54. The van der Waals surface area contributed by atoms with Gasteiger partial charge in [-0.1, -0.05) is 40.2 Å². The van der Waals surface area contributed by atoms with Crippen LogP contribution in [0.4, 0.5) is 5.69 Å². The molecule has 0 unspecified atom stereocenters. The van der Waals surface area contributed by atoms with Crippen LogP contribution in [0.5, 0.6) is 0 Å². The molecule has 2 saturated heterocycles. The number of rotatable bonds is 4. The van der Waals surface area contributed by atoms with Crippen LogP contribution in [0.15, 0.2) is 53.0 Å². The van der Waals surface area contributed by atoms with Gasteiger partial charge in [-0.05, 0) is 55.3 Å². The smallest absolute Gasteiger partial charge is 0.0546 e. The molecular weight excluding hydrogens is 386 g/mol. The third-order valence-electron chi connectivity index (χ3n) is 5.82. The molecule has 0 aliphatic carbocycles. The quantitative estimate of drug-likeness (QED) is 0.728. The second-order valence-electron chi connectivity index (χ2n) is 7.61. The van der Waals surface area contributed by atoms with Gasteiger partial charge in [0.15, 0.2) is 0 Å². The number of piperazine rings is 1. The molecule has 138 valence electrons. The first kappa shape index (κ1) is 18.0. The minimum Gasteiger partial charge on any atom is -0.364 e. The van der Waals surface area contributed by atoms with Gasteiger partial charge < -0.3 is 9.80 Å². The Bertz CT molecular complexity index is 722. The molecule has 2 fully saturated rings. The summed E-state index contributed by atoms with van der Waals surface area (Å²) in [5.41, 5.74) is 4.36. The van der Waals surface area contributed by atoms with Crippen molar-refractivity contribution in [2.45, 2.75) is 25.4 Å². The normalized spacial score (nSPS) is 22.1.